The first-order valence-electron chi connectivity index (χ1n) is 12.7. The molecule has 2 aromatic heterocycles. The van der Waals surface area contributed by atoms with Crippen LogP contribution in [-0.2, 0) is 11.2 Å². The van der Waals surface area contributed by atoms with Crippen LogP contribution in [0.25, 0.3) is 22.2 Å². The van der Waals surface area contributed by atoms with Crippen molar-refractivity contribution in [2.45, 2.75) is 50.7 Å². The van der Waals surface area contributed by atoms with E-state index in [0.717, 1.165) is 51.9 Å². The number of carbonyl (C=O) groups is 2. The number of aromatic nitrogens is 3. The second-order valence-corrected chi connectivity index (χ2v) is 10.3. The largest absolute Gasteiger partial charge is 0.388 e. The second kappa shape index (κ2) is 9.12. The van der Waals surface area contributed by atoms with Crippen molar-refractivity contribution in [2.24, 2.45) is 0 Å². The highest BCUT2D eigenvalue weighted by Gasteiger charge is 2.40. The molecule has 8 heteroatoms. The number of hydrogen-bond donors (Lipinski definition) is 3. The standard InChI is InChI=1S/C29H29N5O3/c1-18-13-20(10-12-30-18)27-23-14-21(8-9-24(23)32-33-27)28(36)31-22-6-4-11-29(37,16-22)17-34-25-7-3-2-5-19(25)15-26(34)35/h2-3,5,7-10,12-14,22,37H,4,6,11,15-17H2,1H3,(H,31,36)(H,32,33)/t22-,29+/m1/s1. The first-order chi connectivity index (χ1) is 17.9. The Morgan fingerprint density at radius 1 is 1.22 bits per heavy atom. The average molecular weight is 496 g/mol. The van der Waals surface area contributed by atoms with Crippen LogP contribution < -0.4 is 10.2 Å². The van der Waals surface area contributed by atoms with Gasteiger partial charge in [-0.2, -0.15) is 5.10 Å². The van der Waals surface area contributed by atoms with Gasteiger partial charge < -0.3 is 15.3 Å². The molecule has 0 spiro atoms. The van der Waals surface area contributed by atoms with Gasteiger partial charge in [0.05, 0.1) is 24.1 Å². The van der Waals surface area contributed by atoms with Crippen molar-refractivity contribution in [2.75, 3.05) is 11.4 Å². The van der Waals surface area contributed by atoms with Gasteiger partial charge in [-0.25, -0.2) is 0 Å². The smallest absolute Gasteiger partial charge is 0.251 e. The zero-order valence-electron chi connectivity index (χ0n) is 20.7. The second-order valence-electron chi connectivity index (χ2n) is 10.3. The molecule has 0 bridgehead atoms. The zero-order chi connectivity index (χ0) is 25.6. The number of para-hydroxylation sites is 1. The van der Waals surface area contributed by atoms with Crippen LogP contribution >= 0.6 is 0 Å². The third-order valence-corrected chi connectivity index (χ3v) is 7.53. The van der Waals surface area contributed by atoms with Crippen LogP contribution in [0.5, 0.6) is 0 Å². The Balaban J connectivity index is 1.18. The van der Waals surface area contributed by atoms with Crippen LogP contribution in [0.1, 0.15) is 47.3 Å². The summed E-state index contributed by atoms with van der Waals surface area (Å²) in [5, 5.41) is 23.0. The van der Waals surface area contributed by atoms with E-state index in [4.69, 9.17) is 0 Å². The molecule has 3 N–H and O–H groups in total. The number of benzene rings is 2. The van der Waals surface area contributed by atoms with E-state index < -0.39 is 5.60 Å². The van der Waals surface area contributed by atoms with Crippen molar-refractivity contribution in [3.63, 3.8) is 0 Å². The SMILES string of the molecule is Cc1cc(-c2n[nH]c3ccc(C(=O)N[C@@H]4CCC[C@@](O)(CN5C(=O)Cc6ccccc65)C4)cc23)ccn1. The summed E-state index contributed by atoms with van der Waals surface area (Å²) < 4.78 is 0. The van der Waals surface area contributed by atoms with Crippen LogP contribution in [0.4, 0.5) is 5.69 Å². The highest BCUT2D eigenvalue weighted by Crippen LogP contribution is 2.35. The zero-order valence-corrected chi connectivity index (χ0v) is 20.7. The fourth-order valence-corrected chi connectivity index (χ4v) is 5.73. The number of carbonyl (C=O) groups excluding carboxylic acids is 2. The molecule has 6 rings (SSSR count). The summed E-state index contributed by atoms with van der Waals surface area (Å²) in [4.78, 5) is 31.9. The Morgan fingerprint density at radius 3 is 2.95 bits per heavy atom. The highest BCUT2D eigenvalue weighted by molar-refractivity contribution is 6.02. The molecule has 188 valence electrons. The van der Waals surface area contributed by atoms with Gasteiger partial charge in [-0.1, -0.05) is 18.2 Å². The molecular formula is C29H29N5O3. The van der Waals surface area contributed by atoms with E-state index in [1.54, 1.807) is 17.2 Å². The maximum atomic E-state index is 13.3. The summed E-state index contributed by atoms with van der Waals surface area (Å²) in [6.45, 7) is 2.17. The van der Waals surface area contributed by atoms with Crippen molar-refractivity contribution in [1.29, 1.82) is 0 Å². The minimum absolute atomic E-state index is 0.00870. The van der Waals surface area contributed by atoms with Gasteiger partial charge in [0.2, 0.25) is 5.91 Å². The number of β-amino-alcohol motifs (C(OH)–C–C–N with tert-alkyl or cyclic N) is 1. The maximum absolute atomic E-state index is 13.3. The summed E-state index contributed by atoms with van der Waals surface area (Å²) in [5.74, 6) is -0.175. The van der Waals surface area contributed by atoms with Crippen molar-refractivity contribution < 1.29 is 14.7 Å². The number of aromatic amines is 1. The van der Waals surface area contributed by atoms with Crippen LogP contribution in [0.2, 0.25) is 0 Å². The van der Waals surface area contributed by atoms with E-state index in [0.29, 0.717) is 24.8 Å². The van der Waals surface area contributed by atoms with E-state index in [2.05, 4.69) is 20.5 Å². The number of rotatable bonds is 5. The van der Waals surface area contributed by atoms with E-state index in [1.807, 2.05) is 55.5 Å². The summed E-state index contributed by atoms with van der Waals surface area (Å²) >= 11 is 0. The fourth-order valence-electron chi connectivity index (χ4n) is 5.73. The molecule has 2 aliphatic rings. The normalized spacial score (nSPS) is 21.3. The molecule has 2 amide bonds. The topological polar surface area (TPSA) is 111 Å². The molecule has 1 aliphatic carbocycles. The van der Waals surface area contributed by atoms with E-state index >= 15 is 0 Å². The maximum Gasteiger partial charge on any atom is 0.251 e. The third-order valence-electron chi connectivity index (χ3n) is 7.53. The Hall–Kier alpha value is -4.04. The lowest BCUT2D eigenvalue weighted by molar-refractivity contribution is -0.118. The van der Waals surface area contributed by atoms with Gasteiger partial charge in [0.15, 0.2) is 0 Å². The summed E-state index contributed by atoms with van der Waals surface area (Å²) in [6, 6.07) is 16.9. The molecular weight excluding hydrogens is 466 g/mol. The van der Waals surface area contributed by atoms with Gasteiger partial charge in [0.1, 0.15) is 5.69 Å². The molecule has 4 aromatic rings. The molecule has 2 aromatic carbocycles. The third kappa shape index (κ3) is 4.49. The number of nitrogens with one attached hydrogen (secondary N) is 2. The molecule has 0 saturated heterocycles. The minimum Gasteiger partial charge on any atom is -0.388 e. The number of pyridine rings is 1. The summed E-state index contributed by atoms with van der Waals surface area (Å²) in [7, 11) is 0. The predicted octanol–water partition coefficient (Wildman–Crippen LogP) is 3.93. The number of nitrogens with zero attached hydrogens (tertiary/aromatic N) is 3. The van der Waals surface area contributed by atoms with Gasteiger partial charge in [0.25, 0.3) is 5.91 Å². The van der Waals surface area contributed by atoms with E-state index in [1.165, 1.54) is 0 Å². The molecule has 0 radical (unpaired) electrons. The Kier molecular flexibility index (Phi) is 5.76. The van der Waals surface area contributed by atoms with E-state index in [-0.39, 0.29) is 24.4 Å². The average Bonchev–Trinajstić information content (AvgIpc) is 3.44. The lowest BCUT2D eigenvalue weighted by Crippen LogP contribution is -2.52. The number of hydrogen-bond acceptors (Lipinski definition) is 5. The molecule has 37 heavy (non-hydrogen) atoms. The van der Waals surface area contributed by atoms with Crippen LogP contribution in [-0.4, -0.2) is 50.3 Å². The van der Waals surface area contributed by atoms with Gasteiger partial charge in [0, 0.05) is 40.1 Å². The Labute approximate surface area is 214 Å². The first kappa shape index (κ1) is 23.4. The van der Waals surface area contributed by atoms with E-state index in [9.17, 15) is 14.7 Å². The quantitative estimate of drug-likeness (QED) is 0.389. The van der Waals surface area contributed by atoms with Gasteiger partial charge >= 0.3 is 0 Å². The number of aryl methyl sites for hydroxylation is 1. The van der Waals surface area contributed by atoms with Gasteiger partial charge in [-0.15, -0.1) is 0 Å². The predicted molar refractivity (Wildman–Crippen MR) is 141 cm³/mol. The monoisotopic (exact) mass is 495 g/mol. The van der Waals surface area contributed by atoms with Crippen LogP contribution in [0, 0.1) is 6.92 Å². The molecule has 8 nitrogen and oxygen atoms in total. The molecule has 1 aliphatic heterocycles. The fraction of sp³-hybridized carbons (Fsp3) is 0.310. The van der Waals surface area contributed by atoms with Crippen molar-refractivity contribution >= 4 is 28.4 Å². The Bertz CT molecular complexity index is 1510. The number of H-pyrrole nitrogens is 1. The number of anilines is 1. The van der Waals surface area contributed by atoms with Gasteiger partial charge in [-0.05, 0) is 74.6 Å². The van der Waals surface area contributed by atoms with Crippen molar-refractivity contribution in [3.8, 4) is 11.3 Å². The number of amides is 2. The minimum atomic E-state index is -1.05. The van der Waals surface area contributed by atoms with Crippen molar-refractivity contribution in [1.82, 2.24) is 20.5 Å². The number of fused-ring (bicyclic) bond motifs is 2. The lowest BCUT2D eigenvalue weighted by atomic mass is 9.81. The molecule has 0 unspecified atom stereocenters. The molecule has 1 saturated carbocycles. The lowest BCUT2D eigenvalue weighted by Gasteiger charge is -2.39. The molecule has 1 fully saturated rings. The van der Waals surface area contributed by atoms with Crippen LogP contribution in [0.15, 0.2) is 60.8 Å². The van der Waals surface area contributed by atoms with Crippen LogP contribution in [0.3, 0.4) is 0 Å². The highest BCUT2D eigenvalue weighted by atomic mass is 16.3. The van der Waals surface area contributed by atoms with Gasteiger partial charge in [-0.3, -0.25) is 19.7 Å². The molecule has 2 atom stereocenters. The summed E-state index contributed by atoms with van der Waals surface area (Å²) in [6.07, 6.45) is 4.68. The van der Waals surface area contributed by atoms with Crippen molar-refractivity contribution in [3.05, 3.63) is 77.6 Å². The number of aliphatic hydroxyl groups is 1. The first-order valence-corrected chi connectivity index (χ1v) is 12.7. The molecule has 3 heterocycles. The Morgan fingerprint density at radius 2 is 2.08 bits per heavy atom. The summed E-state index contributed by atoms with van der Waals surface area (Å²) in [5.41, 5.74) is 4.82.